The fourth-order valence-electron chi connectivity index (χ4n) is 1.94. The molecular weight excluding hydrogens is 294 g/mol. The van der Waals surface area contributed by atoms with Crippen LogP contribution in [0.3, 0.4) is 0 Å². The van der Waals surface area contributed by atoms with E-state index in [1.807, 2.05) is 6.07 Å². The summed E-state index contributed by atoms with van der Waals surface area (Å²) in [6.45, 7) is 4.15. The van der Waals surface area contributed by atoms with Crippen LogP contribution < -0.4 is 16.0 Å². The van der Waals surface area contributed by atoms with Crippen molar-refractivity contribution in [2.75, 3.05) is 38.7 Å². The molecule has 0 saturated heterocycles. The molecule has 0 heterocycles. The lowest BCUT2D eigenvalue weighted by Gasteiger charge is -2.09. The minimum Gasteiger partial charge on any atom is -0.385 e. The first-order valence-corrected chi connectivity index (χ1v) is 8.05. The lowest BCUT2D eigenvalue weighted by molar-refractivity contribution is -0.119. The van der Waals surface area contributed by atoms with Crippen molar-refractivity contribution in [1.82, 2.24) is 10.6 Å². The lowest BCUT2D eigenvalue weighted by Crippen LogP contribution is -2.31. The summed E-state index contributed by atoms with van der Waals surface area (Å²) >= 11 is 0. The molecule has 0 saturated carbocycles. The largest absolute Gasteiger partial charge is 0.385 e. The molecule has 6 heteroatoms. The van der Waals surface area contributed by atoms with E-state index in [0.29, 0.717) is 25.3 Å². The molecule has 0 aromatic heterocycles. The van der Waals surface area contributed by atoms with Crippen molar-refractivity contribution >= 4 is 17.5 Å². The summed E-state index contributed by atoms with van der Waals surface area (Å²) in [5.41, 5.74) is 1.34. The summed E-state index contributed by atoms with van der Waals surface area (Å²) in [5, 5.41) is 8.70. The molecule has 0 atom stereocenters. The number of benzene rings is 1. The van der Waals surface area contributed by atoms with Gasteiger partial charge < -0.3 is 20.7 Å². The number of amides is 2. The van der Waals surface area contributed by atoms with E-state index in [9.17, 15) is 9.59 Å². The van der Waals surface area contributed by atoms with Gasteiger partial charge >= 0.3 is 0 Å². The van der Waals surface area contributed by atoms with E-state index in [4.69, 9.17) is 4.74 Å². The predicted octanol–water partition coefficient (Wildman–Crippen LogP) is 1.78. The number of carbonyl (C=O) groups excluding carboxylic acids is 2. The Kier molecular flexibility index (Phi) is 9.47. The zero-order valence-electron chi connectivity index (χ0n) is 14.0. The number of ether oxygens (including phenoxy) is 1. The van der Waals surface area contributed by atoms with Crippen LogP contribution in [0.4, 0.5) is 5.69 Å². The topological polar surface area (TPSA) is 79.5 Å². The molecule has 2 amide bonds. The van der Waals surface area contributed by atoms with Gasteiger partial charge in [-0.2, -0.15) is 0 Å². The normalized spacial score (nSPS) is 10.2. The average molecular weight is 321 g/mol. The van der Waals surface area contributed by atoms with Crippen molar-refractivity contribution in [3.05, 3.63) is 29.8 Å². The maximum Gasteiger partial charge on any atom is 0.251 e. The van der Waals surface area contributed by atoms with Gasteiger partial charge in [-0.1, -0.05) is 19.4 Å². The van der Waals surface area contributed by atoms with Crippen LogP contribution in [-0.4, -0.2) is 45.2 Å². The van der Waals surface area contributed by atoms with Crippen molar-refractivity contribution in [1.29, 1.82) is 0 Å². The summed E-state index contributed by atoms with van der Waals surface area (Å²) in [7, 11) is 1.63. The Bertz CT molecular complexity index is 492. The smallest absolute Gasteiger partial charge is 0.251 e. The van der Waals surface area contributed by atoms with Crippen LogP contribution in [0.2, 0.25) is 0 Å². The highest BCUT2D eigenvalue weighted by molar-refractivity contribution is 5.95. The predicted molar refractivity (Wildman–Crippen MR) is 91.7 cm³/mol. The molecule has 23 heavy (non-hydrogen) atoms. The lowest BCUT2D eigenvalue weighted by atomic mass is 10.2. The molecule has 0 aliphatic heterocycles. The van der Waals surface area contributed by atoms with Crippen LogP contribution in [0.1, 0.15) is 36.5 Å². The Labute approximate surface area is 138 Å². The summed E-state index contributed by atoms with van der Waals surface area (Å²) in [4.78, 5) is 23.7. The number of rotatable bonds is 11. The van der Waals surface area contributed by atoms with Crippen LogP contribution in [0.15, 0.2) is 24.3 Å². The number of unbranched alkanes of at least 4 members (excludes halogenated alkanes) is 1. The maximum absolute atomic E-state index is 12.0. The van der Waals surface area contributed by atoms with Crippen molar-refractivity contribution in [3.63, 3.8) is 0 Å². The molecule has 0 radical (unpaired) electrons. The maximum atomic E-state index is 12.0. The van der Waals surface area contributed by atoms with Gasteiger partial charge in [0, 0.05) is 38.1 Å². The van der Waals surface area contributed by atoms with Gasteiger partial charge in [0.25, 0.3) is 5.91 Å². The fraction of sp³-hybridized carbons (Fsp3) is 0.529. The standard InChI is InChI=1S/C17H27N3O3/c1-3-4-9-19-17(22)14-7-5-8-15(12-14)20-13-16(21)18-10-6-11-23-2/h5,7-8,12,20H,3-4,6,9-11,13H2,1-2H3,(H,18,21)(H,19,22). The summed E-state index contributed by atoms with van der Waals surface area (Å²) in [5.74, 6) is -0.176. The third kappa shape index (κ3) is 8.21. The molecule has 128 valence electrons. The number of hydrogen-bond acceptors (Lipinski definition) is 4. The van der Waals surface area contributed by atoms with Gasteiger partial charge in [0.05, 0.1) is 6.54 Å². The summed E-state index contributed by atoms with van der Waals surface area (Å²) in [6, 6.07) is 7.14. The highest BCUT2D eigenvalue weighted by Gasteiger charge is 2.06. The van der Waals surface area contributed by atoms with Crippen molar-refractivity contribution in [2.24, 2.45) is 0 Å². The van der Waals surface area contributed by atoms with Gasteiger partial charge in [-0.05, 0) is 31.0 Å². The van der Waals surface area contributed by atoms with E-state index < -0.39 is 0 Å². The van der Waals surface area contributed by atoms with Gasteiger partial charge in [0.1, 0.15) is 0 Å². The number of hydrogen-bond donors (Lipinski definition) is 3. The zero-order chi connectivity index (χ0) is 16.9. The second-order valence-electron chi connectivity index (χ2n) is 5.24. The molecule has 0 aliphatic carbocycles. The van der Waals surface area contributed by atoms with Gasteiger partial charge in [0.15, 0.2) is 0 Å². The Hall–Kier alpha value is -2.08. The second-order valence-corrected chi connectivity index (χ2v) is 5.24. The molecule has 1 aromatic rings. The third-order valence-electron chi connectivity index (χ3n) is 3.24. The van der Waals surface area contributed by atoms with E-state index in [1.54, 1.807) is 25.3 Å². The number of methoxy groups -OCH3 is 1. The molecule has 1 rings (SSSR count). The van der Waals surface area contributed by atoms with Crippen molar-refractivity contribution in [2.45, 2.75) is 26.2 Å². The van der Waals surface area contributed by atoms with E-state index in [2.05, 4.69) is 22.9 Å². The number of carbonyl (C=O) groups is 2. The first-order valence-electron chi connectivity index (χ1n) is 8.05. The van der Waals surface area contributed by atoms with Crippen LogP contribution >= 0.6 is 0 Å². The molecule has 0 bridgehead atoms. The third-order valence-corrected chi connectivity index (χ3v) is 3.24. The Morgan fingerprint density at radius 2 is 1.91 bits per heavy atom. The summed E-state index contributed by atoms with van der Waals surface area (Å²) in [6.07, 6.45) is 2.80. The van der Waals surface area contributed by atoms with Gasteiger partial charge in [-0.25, -0.2) is 0 Å². The minimum atomic E-state index is -0.0916. The van der Waals surface area contributed by atoms with Gasteiger partial charge in [0.2, 0.25) is 5.91 Å². The van der Waals surface area contributed by atoms with Crippen LogP contribution in [0.5, 0.6) is 0 Å². The van der Waals surface area contributed by atoms with E-state index in [1.165, 1.54) is 0 Å². The van der Waals surface area contributed by atoms with Gasteiger partial charge in [-0.15, -0.1) is 0 Å². The Morgan fingerprint density at radius 1 is 1.13 bits per heavy atom. The van der Waals surface area contributed by atoms with Crippen LogP contribution in [-0.2, 0) is 9.53 Å². The number of nitrogens with one attached hydrogen (secondary N) is 3. The highest BCUT2D eigenvalue weighted by Crippen LogP contribution is 2.10. The molecule has 3 N–H and O–H groups in total. The second kappa shape index (κ2) is 11.5. The Balaban J connectivity index is 2.38. The Morgan fingerprint density at radius 3 is 2.65 bits per heavy atom. The number of anilines is 1. The minimum absolute atomic E-state index is 0.0843. The molecule has 0 spiro atoms. The molecular formula is C17H27N3O3. The fourth-order valence-corrected chi connectivity index (χ4v) is 1.94. The quantitative estimate of drug-likeness (QED) is 0.543. The highest BCUT2D eigenvalue weighted by atomic mass is 16.5. The molecule has 0 unspecified atom stereocenters. The summed E-state index contributed by atoms with van der Waals surface area (Å²) < 4.78 is 4.92. The zero-order valence-corrected chi connectivity index (χ0v) is 14.0. The van der Waals surface area contributed by atoms with Crippen LogP contribution in [0.25, 0.3) is 0 Å². The first kappa shape index (κ1) is 19.0. The van der Waals surface area contributed by atoms with E-state index in [0.717, 1.165) is 24.9 Å². The molecule has 1 aromatic carbocycles. The van der Waals surface area contributed by atoms with Crippen LogP contribution in [0, 0.1) is 0 Å². The van der Waals surface area contributed by atoms with Crippen molar-refractivity contribution in [3.8, 4) is 0 Å². The van der Waals surface area contributed by atoms with E-state index in [-0.39, 0.29) is 18.4 Å². The molecule has 0 fully saturated rings. The SMILES string of the molecule is CCCCNC(=O)c1cccc(NCC(=O)NCCCOC)c1. The molecule has 0 aliphatic rings. The first-order chi connectivity index (χ1) is 11.2. The monoisotopic (exact) mass is 321 g/mol. The van der Waals surface area contributed by atoms with Crippen molar-refractivity contribution < 1.29 is 14.3 Å². The molecule has 6 nitrogen and oxygen atoms in total. The van der Waals surface area contributed by atoms with E-state index >= 15 is 0 Å². The van der Waals surface area contributed by atoms with Gasteiger partial charge in [-0.3, -0.25) is 9.59 Å². The average Bonchev–Trinajstić information content (AvgIpc) is 2.57.